The number of benzene rings is 2. The molecule has 2 N–H and O–H groups in total. The van der Waals surface area contributed by atoms with Crippen LogP contribution in [0.15, 0.2) is 41.3 Å². The number of anilines is 1. The summed E-state index contributed by atoms with van der Waals surface area (Å²) in [5.41, 5.74) is 2.75. The Hall–Kier alpha value is -2.03. The van der Waals surface area contributed by atoms with Gasteiger partial charge in [-0.1, -0.05) is 12.1 Å². The quantitative estimate of drug-likeness (QED) is 0.839. The van der Waals surface area contributed by atoms with Gasteiger partial charge in [0, 0.05) is 30.9 Å². The van der Waals surface area contributed by atoms with Gasteiger partial charge in [0.15, 0.2) is 0 Å². The van der Waals surface area contributed by atoms with Crippen LogP contribution in [0.5, 0.6) is 0 Å². The van der Waals surface area contributed by atoms with E-state index in [9.17, 15) is 17.2 Å². The van der Waals surface area contributed by atoms with E-state index in [4.69, 9.17) is 0 Å². The molecule has 0 saturated carbocycles. The first-order valence-electron chi connectivity index (χ1n) is 8.98. The number of halogens is 2. The van der Waals surface area contributed by atoms with E-state index in [0.717, 1.165) is 54.9 Å². The molecule has 4 rings (SSSR count). The number of nitrogens with zero attached hydrogens (tertiary/aromatic N) is 1. The third-order valence-electron chi connectivity index (χ3n) is 5.16. The highest BCUT2D eigenvalue weighted by atomic mass is 32.2. The number of fused-ring (bicyclic) bond motifs is 1. The molecule has 0 amide bonds. The molecular weight excluding hydrogens is 372 g/mol. The molecule has 2 aliphatic heterocycles. The largest absolute Gasteiger partial charge is 0.382 e. The molecule has 2 heterocycles. The fourth-order valence-electron chi connectivity index (χ4n) is 3.71. The van der Waals surface area contributed by atoms with E-state index in [0.29, 0.717) is 12.1 Å². The molecule has 1 fully saturated rings. The molecule has 8 heteroatoms. The summed E-state index contributed by atoms with van der Waals surface area (Å²) in [6.07, 6.45) is 2.01. The van der Waals surface area contributed by atoms with Crippen molar-refractivity contribution in [2.75, 3.05) is 18.4 Å². The van der Waals surface area contributed by atoms with Gasteiger partial charge < -0.3 is 10.6 Å². The zero-order chi connectivity index (χ0) is 19.0. The molecule has 0 aromatic heterocycles. The third kappa shape index (κ3) is 3.56. The number of nitrogens with one attached hydrogen (secondary N) is 2. The second kappa shape index (κ2) is 7.18. The highest BCUT2D eigenvalue weighted by Crippen LogP contribution is 2.34. The topological polar surface area (TPSA) is 61.4 Å². The summed E-state index contributed by atoms with van der Waals surface area (Å²) in [6.45, 7) is 2.26. The third-order valence-corrected chi connectivity index (χ3v) is 6.99. The fraction of sp³-hybridized carbons (Fsp3) is 0.368. The lowest BCUT2D eigenvalue weighted by Gasteiger charge is -2.25. The number of piperidine rings is 1. The first kappa shape index (κ1) is 18.3. The lowest BCUT2D eigenvalue weighted by molar-refractivity contribution is 0.426. The van der Waals surface area contributed by atoms with Crippen molar-refractivity contribution in [3.05, 3.63) is 59.2 Å². The van der Waals surface area contributed by atoms with Gasteiger partial charge in [0.2, 0.25) is 10.0 Å². The zero-order valence-corrected chi connectivity index (χ0v) is 15.5. The number of rotatable bonds is 4. The highest BCUT2D eigenvalue weighted by Gasteiger charge is 2.34. The Bertz CT molecular complexity index is 959. The predicted octanol–water partition coefficient (Wildman–Crippen LogP) is 2.83. The molecule has 0 unspecified atom stereocenters. The van der Waals surface area contributed by atoms with Crippen molar-refractivity contribution in [1.82, 2.24) is 9.62 Å². The Morgan fingerprint density at radius 3 is 2.59 bits per heavy atom. The number of hydrogen-bond acceptors (Lipinski definition) is 4. The summed E-state index contributed by atoms with van der Waals surface area (Å²) in [5.74, 6) is -1.87. The highest BCUT2D eigenvalue weighted by molar-refractivity contribution is 7.89. The van der Waals surface area contributed by atoms with Gasteiger partial charge in [0.1, 0.15) is 16.5 Å². The minimum atomic E-state index is -4.05. The van der Waals surface area contributed by atoms with Crippen LogP contribution in [0.3, 0.4) is 0 Å². The van der Waals surface area contributed by atoms with Crippen LogP contribution < -0.4 is 10.6 Å². The average Bonchev–Trinajstić information content (AvgIpc) is 3.08. The van der Waals surface area contributed by atoms with Crippen LogP contribution in [0.2, 0.25) is 0 Å². The molecule has 0 spiro atoms. The standard InChI is InChI=1S/C19H21F2N3O2S/c20-14-4-5-19(17(21)10-14)27(25,26)24-11-13-2-1-3-18(16(13)12-24)23-15-6-8-22-9-7-15/h1-5,10,15,22-23H,6-9,11-12H2. The van der Waals surface area contributed by atoms with E-state index < -0.39 is 26.6 Å². The summed E-state index contributed by atoms with van der Waals surface area (Å²) in [5, 5.41) is 6.84. The Labute approximate surface area is 157 Å². The average molecular weight is 393 g/mol. The van der Waals surface area contributed by atoms with Crippen LogP contribution in [-0.2, 0) is 23.1 Å². The fourth-order valence-corrected chi connectivity index (χ4v) is 5.14. The summed E-state index contributed by atoms with van der Waals surface area (Å²) in [4.78, 5) is -0.496. The van der Waals surface area contributed by atoms with E-state index in [-0.39, 0.29) is 13.1 Å². The smallest absolute Gasteiger partial charge is 0.246 e. The van der Waals surface area contributed by atoms with Crippen molar-refractivity contribution < 1.29 is 17.2 Å². The monoisotopic (exact) mass is 393 g/mol. The Morgan fingerprint density at radius 1 is 1.07 bits per heavy atom. The molecule has 1 saturated heterocycles. The van der Waals surface area contributed by atoms with Gasteiger partial charge in [-0.25, -0.2) is 17.2 Å². The maximum Gasteiger partial charge on any atom is 0.246 e. The summed E-state index contributed by atoms with van der Waals surface area (Å²) >= 11 is 0. The molecule has 0 atom stereocenters. The molecule has 2 aliphatic rings. The van der Waals surface area contributed by atoms with E-state index in [1.165, 1.54) is 4.31 Å². The minimum Gasteiger partial charge on any atom is -0.382 e. The molecule has 2 aromatic rings. The molecule has 0 aliphatic carbocycles. The first-order chi connectivity index (χ1) is 12.9. The lowest BCUT2D eigenvalue weighted by Crippen LogP contribution is -2.35. The van der Waals surface area contributed by atoms with E-state index in [1.807, 2.05) is 18.2 Å². The van der Waals surface area contributed by atoms with Crippen molar-refractivity contribution in [2.45, 2.75) is 36.9 Å². The summed E-state index contributed by atoms with van der Waals surface area (Å²) in [7, 11) is -4.05. The van der Waals surface area contributed by atoms with Crippen molar-refractivity contribution in [1.29, 1.82) is 0 Å². The van der Waals surface area contributed by atoms with Gasteiger partial charge in [-0.15, -0.1) is 0 Å². The Kier molecular flexibility index (Phi) is 4.88. The van der Waals surface area contributed by atoms with Crippen molar-refractivity contribution in [3.8, 4) is 0 Å². The van der Waals surface area contributed by atoms with Gasteiger partial charge >= 0.3 is 0 Å². The number of sulfonamides is 1. The van der Waals surface area contributed by atoms with Crippen molar-refractivity contribution in [2.24, 2.45) is 0 Å². The second-order valence-electron chi connectivity index (χ2n) is 6.96. The minimum absolute atomic E-state index is 0.169. The zero-order valence-electron chi connectivity index (χ0n) is 14.7. The lowest BCUT2D eigenvalue weighted by atomic mass is 10.0. The molecule has 144 valence electrons. The Balaban J connectivity index is 1.59. The van der Waals surface area contributed by atoms with Crippen LogP contribution >= 0.6 is 0 Å². The van der Waals surface area contributed by atoms with E-state index >= 15 is 0 Å². The van der Waals surface area contributed by atoms with Crippen LogP contribution in [0.1, 0.15) is 24.0 Å². The maximum atomic E-state index is 14.1. The van der Waals surface area contributed by atoms with Gasteiger partial charge in [-0.2, -0.15) is 4.31 Å². The van der Waals surface area contributed by atoms with Gasteiger partial charge in [0.05, 0.1) is 0 Å². The summed E-state index contributed by atoms with van der Waals surface area (Å²) in [6, 6.07) is 8.63. The van der Waals surface area contributed by atoms with E-state index in [1.54, 1.807) is 0 Å². The second-order valence-corrected chi connectivity index (χ2v) is 8.87. The van der Waals surface area contributed by atoms with Gasteiger partial charge in [0.25, 0.3) is 0 Å². The molecule has 5 nitrogen and oxygen atoms in total. The van der Waals surface area contributed by atoms with Crippen LogP contribution in [0.25, 0.3) is 0 Å². The van der Waals surface area contributed by atoms with Crippen LogP contribution in [0.4, 0.5) is 14.5 Å². The molecule has 0 radical (unpaired) electrons. The van der Waals surface area contributed by atoms with Crippen LogP contribution in [-0.4, -0.2) is 31.9 Å². The van der Waals surface area contributed by atoms with Crippen molar-refractivity contribution >= 4 is 15.7 Å². The summed E-state index contributed by atoms with van der Waals surface area (Å²) < 4.78 is 54.2. The first-order valence-corrected chi connectivity index (χ1v) is 10.4. The number of hydrogen-bond donors (Lipinski definition) is 2. The maximum absolute atomic E-state index is 14.1. The molecule has 27 heavy (non-hydrogen) atoms. The van der Waals surface area contributed by atoms with Gasteiger partial charge in [-0.3, -0.25) is 0 Å². The van der Waals surface area contributed by atoms with Gasteiger partial charge in [-0.05, 0) is 55.3 Å². The molecule has 2 aromatic carbocycles. The molecular formula is C19H21F2N3O2S. The predicted molar refractivity (Wildman–Crippen MR) is 98.7 cm³/mol. The Morgan fingerprint density at radius 2 is 1.85 bits per heavy atom. The normalized spacial score (nSPS) is 18.4. The van der Waals surface area contributed by atoms with Crippen molar-refractivity contribution in [3.63, 3.8) is 0 Å². The SMILES string of the molecule is O=S(=O)(c1ccc(F)cc1F)N1Cc2cccc(NC3CCNCC3)c2C1. The van der Waals surface area contributed by atoms with Crippen LogP contribution in [0, 0.1) is 11.6 Å². The van der Waals surface area contributed by atoms with E-state index in [2.05, 4.69) is 10.6 Å². The molecule has 0 bridgehead atoms.